The van der Waals surface area contributed by atoms with E-state index in [4.69, 9.17) is 4.74 Å². The number of ether oxygens (including phenoxy) is 1. The van der Waals surface area contributed by atoms with Crippen molar-refractivity contribution < 1.29 is 4.74 Å². The van der Waals surface area contributed by atoms with Crippen LogP contribution in [0.5, 0.6) is 5.75 Å². The van der Waals surface area contributed by atoms with Gasteiger partial charge in [-0.05, 0) is 37.8 Å². The molecular weight excluding hydrogens is 224 g/mol. The van der Waals surface area contributed by atoms with E-state index in [0.717, 1.165) is 29.6 Å². The van der Waals surface area contributed by atoms with E-state index in [1.54, 1.807) is 0 Å². The molecule has 0 spiro atoms. The Kier molecular flexibility index (Phi) is 3.22. The SMILES string of the molecule is Cc1cn2cccc(OCC3CCCCC3)c2n1. The lowest BCUT2D eigenvalue weighted by atomic mass is 9.90. The second kappa shape index (κ2) is 5.01. The van der Waals surface area contributed by atoms with Gasteiger partial charge < -0.3 is 9.14 Å². The lowest BCUT2D eigenvalue weighted by Crippen LogP contribution is -2.15. The maximum absolute atomic E-state index is 5.99. The van der Waals surface area contributed by atoms with Gasteiger partial charge in [-0.1, -0.05) is 19.3 Å². The average Bonchev–Trinajstić information content (AvgIpc) is 2.78. The predicted octanol–water partition coefficient (Wildman–Crippen LogP) is 3.60. The molecular formula is C15H20N2O. The van der Waals surface area contributed by atoms with E-state index in [1.165, 1.54) is 32.1 Å². The highest BCUT2D eigenvalue weighted by Gasteiger charge is 2.15. The number of aromatic nitrogens is 2. The van der Waals surface area contributed by atoms with Crippen LogP contribution in [-0.2, 0) is 0 Å². The van der Waals surface area contributed by atoms with Gasteiger partial charge in [0, 0.05) is 12.4 Å². The van der Waals surface area contributed by atoms with Crippen LogP contribution in [0.3, 0.4) is 0 Å². The molecule has 0 unspecified atom stereocenters. The van der Waals surface area contributed by atoms with Gasteiger partial charge >= 0.3 is 0 Å². The number of pyridine rings is 1. The summed E-state index contributed by atoms with van der Waals surface area (Å²) < 4.78 is 8.02. The molecule has 0 bridgehead atoms. The zero-order valence-electron chi connectivity index (χ0n) is 10.9. The van der Waals surface area contributed by atoms with Gasteiger partial charge in [0.2, 0.25) is 0 Å². The monoisotopic (exact) mass is 244 g/mol. The minimum atomic E-state index is 0.732. The van der Waals surface area contributed by atoms with Crippen molar-refractivity contribution in [3.63, 3.8) is 0 Å². The van der Waals surface area contributed by atoms with Gasteiger partial charge in [0.05, 0.1) is 12.3 Å². The molecule has 96 valence electrons. The maximum Gasteiger partial charge on any atom is 0.179 e. The first kappa shape index (κ1) is 11.6. The second-order valence-electron chi connectivity index (χ2n) is 5.30. The van der Waals surface area contributed by atoms with Crippen LogP contribution in [0.2, 0.25) is 0 Å². The van der Waals surface area contributed by atoms with E-state index >= 15 is 0 Å². The third-order valence-electron chi connectivity index (χ3n) is 3.77. The molecule has 2 heterocycles. The average molecular weight is 244 g/mol. The molecule has 0 atom stereocenters. The van der Waals surface area contributed by atoms with Gasteiger partial charge in [-0.15, -0.1) is 0 Å². The topological polar surface area (TPSA) is 26.5 Å². The summed E-state index contributed by atoms with van der Waals surface area (Å²) in [5, 5.41) is 0. The van der Waals surface area contributed by atoms with Crippen LogP contribution >= 0.6 is 0 Å². The smallest absolute Gasteiger partial charge is 0.179 e. The van der Waals surface area contributed by atoms with Crippen LogP contribution < -0.4 is 4.74 Å². The molecule has 3 nitrogen and oxygen atoms in total. The Morgan fingerprint density at radius 3 is 3.00 bits per heavy atom. The van der Waals surface area contributed by atoms with Crippen LogP contribution in [0.1, 0.15) is 37.8 Å². The van der Waals surface area contributed by atoms with Crippen molar-refractivity contribution in [1.82, 2.24) is 9.38 Å². The molecule has 0 aromatic carbocycles. The third-order valence-corrected chi connectivity index (χ3v) is 3.77. The standard InChI is InChI=1S/C15H20N2O/c1-12-10-17-9-5-8-14(15(17)16-12)18-11-13-6-3-2-4-7-13/h5,8-10,13H,2-4,6-7,11H2,1H3. The van der Waals surface area contributed by atoms with E-state index in [0.29, 0.717) is 0 Å². The van der Waals surface area contributed by atoms with Gasteiger partial charge in [0.1, 0.15) is 0 Å². The number of imidazole rings is 1. The molecule has 0 aliphatic heterocycles. The summed E-state index contributed by atoms with van der Waals surface area (Å²) in [7, 11) is 0. The van der Waals surface area contributed by atoms with Crippen LogP contribution in [0.15, 0.2) is 24.5 Å². The molecule has 0 saturated heterocycles. The summed E-state index contributed by atoms with van der Waals surface area (Å²) in [6, 6.07) is 4.04. The van der Waals surface area contributed by atoms with Crippen LogP contribution in [-0.4, -0.2) is 16.0 Å². The zero-order chi connectivity index (χ0) is 12.4. The maximum atomic E-state index is 5.99. The molecule has 2 aromatic rings. The Hall–Kier alpha value is -1.51. The molecule has 0 radical (unpaired) electrons. The summed E-state index contributed by atoms with van der Waals surface area (Å²) in [5.41, 5.74) is 1.97. The van der Waals surface area contributed by atoms with Crippen molar-refractivity contribution in [2.75, 3.05) is 6.61 Å². The number of fused-ring (bicyclic) bond motifs is 1. The quantitative estimate of drug-likeness (QED) is 0.824. The van der Waals surface area contributed by atoms with E-state index in [2.05, 4.69) is 4.98 Å². The second-order valence-corrected chi connectivity index (χ2v) is 5.30. The van der Waals surface area contributed by atoms with Crippen LogP contribution in [0.25, 0.3) is 5.65 Å². The Bertz CT molecular complexity index is 526. The number of hydrogen-bond donors (Lipinski definition) is 0. The first-order valence-electron chi connectivity index (χ1n) is 6.90. The summed E-state index contributed by atoms with van der Waals surface area (Å²) in [6.07, 6.45) is 10.8. The highest BCUT2D eigenvalue weighted by molar-refractivity contribution is 5.54. The Morgan fingerprint density at radius 2 is 2.17 bits per heavy atom. The van der Waals surface area contributed by atoms with Crippen molar-refractivity contribution >= 4 is 5.65 Å². The first-order chi connectivity index (χ1) is 8.83. The van der Waals surface area contributed by atoms with Crippen LogP contribution in [0.4, 0.5) is 0 Å². The van der Waals surface area contributed by atoms with Crippen molar-refractivity contribution in [2.45, 2.75) is 39.0 Å². The van der Waals surface area contributed by atoms with Gasteiger partial charge in [-0.2, -0.15) is 0 Å². The molecule has 0 amide bonds. The van der Waals surface area contributed by atoms with Gasteiger partial charge in [0.15, 0.2) is 11.4 Å². The van der Waals surface area contributed by atoms with Crippen LogP contribution in [0, 0.1) is 12.8 Å². The summed E-state index contributed by atoms with van der Waals surface area (Å²) in [5.74, 6) is 1.64. The number of aryl methyl sites for hydroxylation is 1. The van der Waals surface area contributed by atoms with Gasteiger partial charge in [0.25, 0.3) is 0 Å². The molecule has 1 aliphatic rings. The molecule has 1 aliphatic carbocycles. The largest absolute Gasteiger partial charge is 0.489 e. The first-order valence-corrected chi connectivity index (χ1v) is 6.90. The highest BCUT2D eigenvalue weighted by atomic mass is 16.5. The highest BCUT2D eigenvalue weighted by Crippen LogP contribution is 2.26. The minimum absolute atomic E-state index is 0.732. The predicted molar refractivity (Wildman–Crippen MR) is 72.0 cm³/mol. The van der Waals surface area contributed by atoms with E-state index in [9.17, 15) is 0 Å². The Morgan fingerprint density at radius 1 is 1.33 bits per heavy atom. The fourth-order valence-corrected chi connectivity index (χ4v) is 2.78. The lowest BCUT2D eigenvalue weighted by molar-refractivity contribution is 0.210. The number of rotatable bonds is 3. The number of nitrogens with zero attached hydrogens (tertiary/aromatic N) is 2. The van der Waals surface area contributed by atoms with Crippen molar-refractivity contribution in [3.05, 3.63) is 30.2 Å². The minimum Gasteiger partial charge on any atom is -0.489 e. The summed E-state index contributed by atoms with van der Waals surface area (Å²) in [4.78, 5) is 4.51. The normalized spacial score (nSPS) is 17.2. The van der Waals surface area contributed by atoms with Gasteiger partial charge in [-0.3, -0.25) is 0 Å². The van der Waals surface area contributed by atoms with Crippen molar-refractivity contribution in [2.24, 2.45) is 5.92 Å². The molecule has 3 heteroatoms. The van der Waals surface area contributed by atoms with Gasteiger partial charge in [-0.25, -0.2) is 4.98 Å². The molecule has 3 rings (SSSR count). The summed E-state index contributed by atoms with van der Waals surface area (Å²) >= 11 is 0. The molecule has 18 heavy (non-hydrogen) atoms. The third kappa shape index (κ3) is 2.35. The molecule has 1 fully saturated rings. The fraction of sp³-hybridized carbons (Fsp3) is 0.533. The zero-order valence-corrected chi connectivity index (χ0v) is 10.9. The van der Waals surface area contributed by atoms with Crippen molar-refractivity contribution in [1.29, 1.82) is 0 Å². The Labute approximate surface area is 108 Å². The number of hydrogen-bond acceptors (Lipinski definition) is 2. The molecule has 1 saturated carbocycles. The van der Waals surface area contributed by atoms with Crippen molar-refractivity contribution in [3.8, 4) is 5.75 Å². The molecule has 0 N–H and O–H groups in total. The summed E-state index contributed by atoms with van der Waals surface area (Å²) in [6.45, 7) is 2.85. The molecule has 2 aromatic heterocycles. The van der Waals surface area contributed by atoms with E-state index in [-0.39, 0.29) is 0 Å². The fourth-order valence-electron chi connectivity index (χ4n) is 2.78. The van der Waals surface area contributed by atoms with E-state index < -0.39 is 0 Å². The Balaban J connectivity index is 1.73. The van der Waals surface area contributed by atoms with E-state index in [1.807, 2.05) is 35.9 Å². The lowest BCUT2D eigenvalue weighted by Gasteiger charge is -2.21.